The molecule has 0 radical (unpaired) electrons. The summed E-state index contributed by atoms with van der Waals surface area (Å²) in [7, 11) is 1.57. The third kappa shape index (κ3) is 2.95. The van der Waals surface area contributed by atoms with E-state index in [0.29, 0.717) is 11.3 Å². The number of hydrogen-bond donors (Lipinski definition) is 0. The van der Waals surface area contributed by atoms with E-state index in [9.17, 15) is 4.39 Å². The highest BCUT2D eigenvalue weighted by Gasteiger charge is 2.21. The second-order valence-electron chi connectivity index (χ2n) is 4.35. The molecule has 1 unspecified atom stereocenters. The van der Waals surface area contributed by atoms with Crippen LogP contribution in [-0.2, 0) is 0 Å². The van der Waals surface area contributed by atoms with Crippen molar-refractivity contribution in [2.45, 2.75) is 12.3 Å². The van der Waals surface area contributed by atoms with E-state index < -0.39 is 11.2 Å². The third-order valence-corrected chi connectivity index (χ3v) is 4.76. The van der Waals surface area contributed by atoms with Gasteiger partial charge in [0, 0.05) is 10.0 Å². The van der Waals surface area contributed by atoms with Gasteiger partial charge in [-0.05, 0) is 36.2 Å². The minimum Gasteiger partial charge on any atom is -0.496 e. The van der Waals surface area contributed by atoms with Crippen molar-refractivity contribution in [1.82, 2.24) is 0 Å². The van der Waals surface area contributed by atoms with Crippen LogP contribution in [0.25, 0.3) is 0 Å². The van der Waals surface area contributed by atoms with E-state index in [-0.39, 0.29) is 5.02 Å². The fraction of sp³-hybridized carbons (Fsp3) is 0.200. The van der Waals surface area contributed by atoms with Gasteiger partial charge in [-0.1, -0.05) is 39.7 Å². The van der Waals surface area contributed by atoms with Crippen molar-refractivity contribution in [1.29, 1.82) is 0 Å². The highest BCUT2D eigenvalue weighted by molar-refractivity contribution is 9.10. The van der Waals surface area contributed by atoms with Crippen LogP contribution in [0.15, 0.2) is 34.8 Å². The molecule has 106 valence electrons. The number of ether oxygens (including phenoxy) is 1. The van der Waals surface area contributed by atoms with E-state index in [1.165, 1.54) is 6.07 Å². The Balaban J connectivity index is 2.55. The first-order valence-electron chi connectivity index (χ1n) is 5.87. The van der Waals surface area contributed by atoms with Crippen molar-refractivity contribution in [3.05, 3.63) is 62.3 Å². The van der Waals surface area contributed by atoms with E-state index in [1.807, 2.05) is 19.1 Å². The largest absolute Gasteiger partial charge is 0.496 e. The van der Waals surface area contributed by atoms with E-state index in [2.05, 4.69) is 15.9 Å². The molecule has 0 fully saturated rings. The van der Waals surface area contributed by atoms with Gasteiger partial charge in [0.1, 0.15) is 11.6 Å². The molecule has 1 nitrogen and oxygen atoms in total. The lowest BCUT2D eigenvalue weighted by atomic mass is 10.0. The van der Waals surface area contributed by atoms with E-state index >= 15 is 0 Å². The molecule has 0 spiro atoms. The molecule has 0 saturated carbocycles. The minimum atomic E-state index is -0.593. The average Bonchev–Trinajstić information content (AvgIpc) is 2.43. The Morgan fingerprint density at radius 1 is 1.25 bits per heavy atom. The molecule has 0 bridgehead atoms. The molecule has 0 heterocycles. The van der Waals surface area contributed by atoms with Gasteiger partial charge in [0.25, 0.3) is 0 Å². The van der Waals surface area contributed by atoms with E-state index in [0.717, 1.165) is 15.6 Å². The van der Waals surface area contributed by atoms with Crippen LogP contribution in [0.4, 0.5) is 4.39 Å². The second kappa shape index (κ2) is 6.33. The molecular weight excluding hydrogens is 366 g/mol. The number of methoxy groups -OCH3 is 1. The maximum absolute atomic E-state index is 13.6. The van der Waals surface area contributed by atoms with Crippen molar-refractivity contribution >= 4 is 39.1 Å². The molecule has 0 aliphatic heterocycles. The lowest BCUT2D eigenvalue weighted by molar-refractivity contribution is 0.409. The van der Waals surface area contributed by atoms with Gasteiger partial charge in [0.15, 0.2) is 0 Å². The van der Waals surface area contributed by atoms with Gasteiger partial charge in [-0.15, -0.1) is 11.6 Å². The summed E-state index contributed by atoms with van der Waals surface area (Å²) in [5.41, 5.74) is 2.28. The van der Waals surface area contributed by atoms with Crippen LogP contribution >= 0.6 is 39.1 Å². The number of rotatable bonds is 3. The van der Waals surface area contributed by atoms with Gasteiger partial charge in [0.05, 0.1) is 17.5 Å². The predicted molar refractivity (Wildman–Crippen MR) is 84.5 cm³/mol. The summed E-state index contributed by atoms with van der Waals surface area (Å²) >= 11 is 15.9. The van der Waals surface area contributed by atoms with Crippen LogP contribution in [0.1, 0.15) is 22.1 Å². The van der Waals surface area contributed by atoms with Crippen LogP contribution < -0.4 is 4.74 Å². The van der Waals surface area contributed by atoms with Gasteiger partial charge < -0.3 is 4.74 Å². The van der Waals surface area contributed by atoms with Crippen LogP contribution in [0.5, 0.6) is 5.75 Å². The highest BCUT2D eigenvalue weighted by Crippen LogP contribution is 2.40. The van der Waals surface area contributed by atoms with Crippen LogP contribution in [0, 0.1) is 12.7 Å². The first kappa shape index (κ1) is 15.6. The van der Waals surface area contributed by atoms with Gasteiger partial charge in [-0.3, -0.25) is 0 Å². The number of halogens is 4. The molecule has 0 amide bonds. The number of hydrogen-bond acceptors (Lipinski definition) is 1. The zero-order valence-electron chi connectivity index (χ0n) is 10.9. The quantitative estimate of drug-likeness (QED) is 0.606. The van der Waals surface area contributed by atoms with Crippen molar-refractivity contribution in [2.24, 2.45) is 0 Å². The maximum atomic E-state index is 13.6. The molecule has 2 aromatic rings. The van der Waals surface area contributed by atoms with E-state index in [4.69, 9.17) is 27.9 Å². The Labute approximate surface area is 135 Å². The summed E-state index contributed by atoms with van der Waals surface area (Å²) < 4.78 is 19.8. The normalized spacial score (nSPS) is 12.3. The summed E-state index contributed by atoms with van der Waals surface area (Å²) in [6.07, 6.45) is 0. The van der Waals surface area contributed by atoms with Crippen molar-refractivity contribution < 1.29 is 9.13 Å². The van der Waals surface area contributed by atoms with Crippen LogP contribution in [0.2, 0.25) is 5.02 Å². The first-order valence-corrected chi connectivity index (χ1v) is 7.48. The van der Waals surface area contributed by atoms with Crippen molar-refractivity contribution in [3.8, 4) is 5.75 Å². The summed E-state index contributed by atoms with van der Waals surface area (Å²) in [4.78, 5) is 0. The molecule has 0 saturated heterocycles. The number of alkyl halides is 1. The second-order valence-corrected chi connectivity index (χ2v) is 6.02. The fourth-order valence-electron chi connectivity index (χ4n) is 1.93. The number of aryl methyl sites for hydroxylation is 1. The summed E-state index contributed by atoms with van der Waals surface area (Å²) in [6.45, 7) is 1.95. The average molecular weight is 378 g/mol. The first-order chi connectivity index (χ1) is 9.45. The molecule has 0 N–H and O–H groups in total. The minimum absolute atomic E-state index is 0.0336. The molecule has 5 heteroatoms. The molecule has 2 aromatic carbocycles. The molecule has 1 atom stereocenters. The molecule has 2 rings (SSSR count). The molecule has 0 aromatic heterocycles. The van der Waals surface area contributed by atoms with Crippen molar-refractivity contribution in [3.63, 3.8) is 0 Å². The topological polar surface area (TPSA) is 9.23 Å². The predicted octanol–water partition coefficient (Wildman–Crippen LogP) is 5.89. The molecule has 0 aliphatic rings. The smallest absolute Gasteiger partial charge is 0.142 e. The van der Waals surface area contributed by atoms with E-state index in [1.54, 1.807) is 19.2 Å². The lowest BCUT2D eigenvalue weighted by Crippen LogP contribution is -2.00. The Morgan fingerprint density at radius 3 is 2.60 bits per heavy atom. The standard InChI is InChI=1S/C15H12BrCl2FO/c1-8-6-13(20-2)10(7-11(8)16)14(17)9-4-3-5-12(19)15(9)18/h3-7,14H,1-2H3. The Kier molecular flexibility index (Phi) is 4.95. The van der Waals surface area contributed by atoms with Crippen LogP contribution in [-0.4, -0.2) is 7.11 Å². The number of benzene rings is 2. The summed E-state index contributed by atoms with van der Waals surface area (Å²) in [6, 6.07) is 8.34. The zero-order valence-corrected chi connectivity index (χ0v) is 14.0. The Bertz CT molecular complexity index is 646. The van der Waals surface area contributed by atoms with Gasteiger partial charge in [-0.2, -0.15) is 0 Å². The fourth-order valence-corrected chi connectivity index (χ4v) is 2.93. The van der Waals surface area contributed by atoms with Gasteiger partial charge in [0.2, 0.25) is 0 Å². The lowest BCUT2D eigenvalue weighted by Gasteiger charge is -2.17. The highest BCUT2D eigenvalue weighted by atomic mass is 79.9. The summed E-state index contributed by atoms with van der Waals surface area (Å²) in [5.74, 6) is 0.158. The molecule has 0 aliphatic carbocycles. The Morgan fingerprint density at radius 2 is 1.95 bits per heavy atom. The van der Waals surface area contributed by atoms with Crippen LogP contribution in [0.3, 0.4) is 0 Å². The van der Waals surface area contributed by atoms with Crippen molar-refractivity contribution in [2.75, 3.05) is 7.11 Å². The zero-order chi connectivity index (χ0) is 14.9. The maximum Gasteiger partial charge on any atom is 0.142 e. The molecular formula is C15H12BrCl2FO. The Hall–Kier alpha value is -0.770. The monoisotopic (exact) mass is 376 g/mol. The summed E-state index contributed by atoms with van der Waals surface area (Å²) in [5, 5.41) is -0.559. The van der Waals surface area contributed by atoms with Gasteiger partial charge >= 0.3 is 0 Å². The molecule has 20 heavy (non-hydrogen) atoms. The SMILES string of the molecule is COc1cc(C)c(Br)cc1C(Cl)c1cccc(F)c1Cl. The third-order valence-electron chi connectivity index (χ3n) is 3.04. The van der Waals surface area contributed by atoms with Gasteiger partial charge in [-0.25, -0.2) is 4.39 Å².